The number of hydrogen-bond acceptors (Lipinski definition) is 3. The molecule has 3 nitrogen and oxygen atoms in total. The fourth-order valence-corrected chi connectivity index (χ4v) is 3.86. The van der Waals surface area contributed by atoms with Crippen molar-refractivity contribution < 1.29 is 13.7 Å². The number of hydrogen-bond donors (Lipinski definition) is 0. The average molecular weight is 317 g/mol. The number of rotatable bonds is 6. The van der Waals surface area contributed by atoms with Crippen LogP contribution in [0.5, 0.6) is 5.75 Å². The van der Waals surface area contributed by atoms with E-state index in [2.05, 4.69) is 0 Å². The molecular weight excluding hydrogens is 296 g/mol. The van der Waals surface area contributed by atoms with E-state index < -0.39 is 10.8 Å². The van der Waals surface area contributed by atoms with Gasteiger partial charge in [0.15, 0.2) is 0 Å². The lowest BCUT2D eigenvalue weighted by molar-refractivity contribution is 0.0148. The number of ether oxygens (including phenoxy) is 2. The molecule has 0 spiro atoms. The molecule has 0 saturated carbocycles. The van der Waals surface area contributed by atoms with E-state index >= 15 is 0 Å². The van der Waals surface area contributed by atoms with E-state index in [4.69, 9.17) is 21.1 Å². The van der Waals surface area contributed by atoms with Gasteiger partial charge < -0.3 is 9.47 Å². The Morgan fingerprint density at radius 1 is 1.45 bits per heavy atom. The first-order chi connectivity index (χ1) is 9.69. The third-order valence-electron chi connectivity index (χ3n) is 3.49. The molecule has 0 unspecified atom stereocenters. The van der Waals surface area contributed by atoms with Crippen LogP contribution in [0.25, 0.3) is 0 Å². The van der Waals surface area contributed by atoms with Gasteiger partial charge in [0.25, 0.3) is 0 Å². The Hall–Kier alpha value is -0.580. The Labute approximate surface area is 128 Å². The summed E-state index contributed by atoms with van der Waals surface area (Å²) in [5.74, 6) is 1.88. The van der Waals surface area contributed by atoms with E-state index in [-0.39, 0.29) is 0 Å². The third-order valence-corrected chi connectivity index (χ3v) is 5.13. The summed E-state index contributed by atoms with van der Waals surface area (Å²) in [6, 6.07) is 5.56. The second kappa shape index (κ2) is 8.01. The van der Waals surface area contributed by atoms with Crippen LogP contribution in [0.15, 0.2) is 18.2 Å². The summed E-state index contributed by atoms with van der Waals surface area (Å²) in [5, 5.41) is 0.567. The van der Waals surface area contributed by atoms with Gasteiger partial charge in [0.05, 0.1) is 18.2 Å². The highest BCUT2D eigenvalue weighted by atomic mass is 35.5. The maximum absolute atomic E-state index is 12.1. The molecule has 0 amide bonds. The van der Waals surface area contributed by atoms with Gasteiger partial charge in [-0.25, -0.2) is 0 Å². The first kappa shape index (κ1) is 15.8. The third kappa shape index (κ3) is 4.76. The van der Waals surface area contributed by atoms with Crippen molar-refractivity contribution in [3.63, 3.8) is 0 Å². The Balaban J connectivity index is 1.80. The molecule has 2 rings (SSSR count). The van der Waals surface area contributed by atoms with E-state index in [1.165, 1.54) is 6.42 Å². The molecule has 1 aromatic carbocycles. The minimum atomic E-state index is -0.869. The lowest BCUT2D eigenvalue weighted by Crippen LogP contribution is -2.21. The SMILES string of the molecule is COc1ccc(C[S@@](=O)CC[C@H]2CCCCO2)cc1Cl. The van der Waals surface area contributed by atoms with Gasteiger partial charge in [0, 0.05) is 28.9 Å². The Morgan fingerprint density at radius 2 is 2.30 bits per heavy atom. The maximum Gasteiger partial charge on any atom is 0.137 e. The second-order valence-electron chi connectivity index (χ2n) is 5.03. The number of methoxy groups -OCH3 is 1. The van der Waals surface area contributed by atoms with Gasteiger partial charge in [0.2, 0.25) is 0 Å². The van der Waals surface area contributed by atoms with Crippen molar-refractivity contribution in [1.29, 1.82) is 0 Å². The van der Waals surface area contributed by atoms with Crippen LogP contribution in [0, 0.1) is 0 Å². The van der Waals surface area contributed by atoms with E-state index in [1.54, 1.807) is 7.11 Å². The van der Waals surface area contributed by atoms with Crippen molar-refractivity contribution in [1.82, 2.24) is 0 Å². The highest BCUT2D eigenvalue weighted by Crippen LogP contribution is 2.25. The summed E-state index contributed by atoms with van der Waals surface area (Å²) >= 11 is 6.07. The lowest BCUT2D eigenvalue weighted by atomic mass is 10.1. The molecule has 0 bridgehead atoms. The summed E-state index contributed by atoms with van der Waals surface area (Å²) in [7, 11) is 0.718. The molecule has 20 heavy (non-hydrogen) atoms. The second-order valence-corrected chi connectivity index (χ2v) is 7.02. The predicted molar refractivity (Wildman–Crippen MR) is 82.9 cm³/mol. The van der Waals surface area contributed by atoms with Gasteiger partial charge in [-0.05, 0) is 43.4 Å². The Kier molecular flexibility index (Phi) is 6.33. The maximum atomic E-state index is 12.1. The standard InChI is InChI=1S/C15H21ClO3S/c1-18-15-6-5-12(10-14(15)16)11-20(17)9-7-13-4-2-3-8-19-13/h5-6,10,13H,2-4,7-9,11H2,1H3/t13-,20+/m1/s1. The zero-order chi connectivity index (χ0) is 14.4. The van der Waals surface area contributed by atoms with Crippen molar-refractivity contribution in [2.75, 3.05) is 19.5 Å². The van der Waals surface area contributed by atoms with Crippen molar-refractivity contribution in [3.05, 3.63) is 28.8 Å². The van der Waals surface area contributed by atoms with Crippen LogP contribution >= 0.6 is 11.6 Å². The van der Waals surface area contributed by atoms with Crippen LogP contribution in [0.1, 0.15) is 31.2 Å². The number of benzene rings is 1. The highest BCUT2D eigenvalue weighted by Gasteiger charge is 2.15. The molecule has 1 aliphatic rings. The molecule has 5 heteroatoms. The van der Waals surface area contributed by atoms with E-state index in [0.29, 0.717) is 28.4 Å². The normalized spacial score (nSPS) is 20.6. The van der Waals surface area contributed by atoms with Crippen LogP contribution in [0.4, 0.5) is 0 Å². The largest absolute Gasteiger partial charge is 0.495 e. The van der Waals surface area contributed by atoms with Gasteiger partial charge in [0.1, 0.15) is 5.75 Å². The van der Waals surface area contributed by atoms with E-state index in [9.17, 15) is 4.21 Å². The van der Waals surface area contributed by atoms with Crippen molar-refractivity contribution in [2.24, 2.45) is 0 Å². The van der Waals surface area contributed by atoms with Gasteiger partial charge in [-0.1, -0.05) is 17.7 Å². The zero-order valence-electron chi connectivity index (χ0n) is 11.8. The van der Waals surface area contributed by atoms with Crippen molar-refractivity contribution in [3.8, 4) is 5.75 Å². The van der Waals surface area contributed by atoms with Crippen LogP contribution in [0.3, 0.4) is 0 Å². The first-order valence-electron chi connectivity index (χ1n) is 6.98. The molecule has 1 aliphatic heterocycles. The molecule has 1 aromatic rings. The Bertz CT molecular complexity index is 458. The highest BCUT2D eigenvalue weighted by molar-refractivity contribution is 7.84. The van der Waals surface area contributed by atoms with Crippen LogP contribution in [0.2, 0.25) is 5.02 Å². The van der Waals surface area contributed by atoms with Crippen LogP contribution < -0.4 is 4.74 Å². The van der Waals surface area contributed by atoms with Crippen molar-refractivity contribution in [2.45, 2.75) is 37.5 Å². The Morgan fingerprint density at radius 3 is 2.95 bits per heavy atom. The predicted octanol–water partition coefficient (Wildman–Crippen LogP) is 3.56. The molecule has 1 heterocycles. The minimum Gasteiger partial charge on any atom is -0.495 e. The molecule has 0 aliphatic carbocycles. The fourth-order valence-electron chi connectivity index (χ4n) is 2.36. The lowest BCUT2D eigenvalue weighted by Gasteiger charge is -2.22. The van der Waals surface area contributed by atoms with Crippen LogP contribution in [-0.4, -0.2) is 29.8 Å². The van der Waals surface area contributed by atoms with Crippen molar-refractivity contribution >= 4 is 22.4 Å². The average Bonchev–Trinajstić information content (AvgIpc) is 2.46. The summed E-state index contributed by atoms with van der Waals surface area (Å²) in [6.07, 6.45) is 4.67. The molecule has 0 N–H and O–H groups in total. The summed E-state index contributed by atoms with van der Waals surface area (Å²) in [6.45, 7) is 0.853. The van der Waals surface area contributed by atoms with Gasteiger partial charge >= 0.3 is 0 Å². The van der Waals surface area contributed by atoms with E-state index in [0.717, 1.165) is 31.4 Å². The summed E-state index contributed by atoms with van der Waals surface area (Å²) in [4.78, 5) is 0. The fraction of sp³-hybridized carbons (Fsp3) is 0.600. The molecule has 1 fully saturated rings. The monoisotopic (exact) mass is 316 g/mol. The first-order valence-corrected chi connectivity index (χ1v) is 8.84. The summed E-state index contributed by atoms with van der Waals surface area (Å²) in [5.41, 5.74) is 0.985. The van der Waals surface area contributed by atoms with Crippen LogP contribution in [-0.2, 0) is 21.3 Å². The van der Waals surface area contributed by atoms with Gasteiger partial charge in [-0.3, -0.25) is 4.21 Å². The molecule has 2 atom stereocenters. The molecular formula is C15H21ClO3S. The van der Waals surface area contributed by atoms with Gasteiger partial charge in [-0.15, -0.1) is 0 Å². The quantitative estimate of drug-likeness (QED) is 0.805. The van der Waals surface area contributed by atoms with E-state index in [1.807, 2.05) is 18.2 Å². The summed E-state index contributed by atoms with van der Waals surface area (Å²) < 4.78 is 22.9. The topological polar surface area (TPSA) is 35.5 Å². The molecule has 112 valence electrons. The zero-order valence-corrected chi connectivity index (χ0v) is 13.3. The van der Waals surface area contributed by atoms with Gasteiger partial charge in [-0.2, -0.15) is 0 Å². The molecule has 0 radical (unpaired) electrons. The molecule has 0 aromatic heterocycles. The minimum absolute atomic E-state index is 0.298. The smallest absolute Gasteiger partial charge is 0.137 e. The molecule has 1 saturated heterocycles. The number of halogens is 1.